The zero-order valence-electron chi connectivity index (χ0n) is 18.4. The van der Waals surface area contributed by atoms with Crippen LogP contribution in [0.5, 0.6) is 11.5 Å². The molecule has 1 aromatic heterocycles. The number of anilines is 1. The van der Waals surface area contributed by atoms with E-state index in [-0.39, 0.29) is 11.5 Å². The second-order valence-corrected chi connectivity index (χ2v) is 7.32. The molecule has 1 heterocycles. The number of aryl methyl sites for hydroxylation is 2. The molecule has 0 saturated carbocycles. The van der Waals surface area contributed by atoms with Gasteiger partial charge in [-0.1, -0.05) is 19.1 Å². The van der Waals surface area contributed by atoms with Crippen molar-refractivity contribution in [3.63, 3.8) is 0 Å². The highest BCUT2D eigenvalue weighted by atomic mass is 16.5. The second-order valence-electron chi connectivity index (χ2n) is 7.32. The van der Waals surface area contributed by atoms with Crippen LogP contribution in [0.15, 0.2) is 53.3 Å². The number of ether oxygens (including phenoxy) is 2. The maximum atomic E-state index is 13.0. The summed E-state index contributed by atoms with van der Waals surface area (Å²) >= 11 is 0. The Bertz CT molecular complexity index is 1130. The predicted molar refractivity (Wildman–Crippen MR) is 121 cm³/mol. The fourth-order valence-electron chi connectivity index (χ4n) is 3.28. The summed E-state index contributed by atoms with van der Waals surface area (Å²) in [7, 11) is 3.08. The number of aromatic nitrogens is 2. The molecule has 0 aliphatic rings. The minimum atomic E-state index is -0.767. The van der Waals surface area contributed by atoms with E-state index in [0.717, 1.165) is 11.1 Å². The largest absolute Gasteiger partial charge is 0.497 e. The minimum Gasteiger partial charge on any atom is -0.497 e. The van der Waals surface area contributed by atoms with E-state index in [4.69, 9.17) is 9.47 Å². The molecule has 1 amide bonds. The number of nitrogens with zero attached hydrogens (tertiary/aromatic N) is 2. The first-order valence-electron chi connectivity index (χ1n) is 10.1. The summed E-state index contributed by atoms with van der Waals surface area (Å²) < 4.78 is 11.8. The van der Waals surface area contributed by atoms with Crippen molar-refractivity contribution in [3.8, 4) is 22.8 Å². The van der Waals surface area contributed by atoms with Crippen LogP contribution in [-0.2, 0) is 4.79 Å². The maximum absolute atomic E-state index is 13.0. The zero-order valence-corrected chi connectivity index (χ0v) is 18.4. The number of hydrogen-bond donors (Lipinski definition) is 1. The molecule has 1 atom stereocenters. The van der Waals surface area contributed by atoms with Crippen molar-refractivity contribution in [2.75, 3.05) is 19.5 Å². The highest BCUT2D eigenvalue weighted by Gasteiger charge is 2.22. The monoisotopic (exact) mass is 421 g/mol. The van der Waals surface area contributed by atoms with Gasteiger partial charge in [-0.2, -0.15) is 5.10 Å². The first-order chi connectivity index (χ1) is 14.9. The van der Waals surface area contributed by atoms with E-state index in [9.17, 15) is 9.59 Å². The van der Waals surface area contributed by atoms with Gasteiger partial charge in [-0.15, -0.1) is 0 Å². The standard InChI is InChI=1S/C24H27N3O4/c1-6-22(24(29)25-18-12-19(30-4)14-20(13-18)31-5)27-23(28)10-9-21(26-27)17-8-7-15(2)16(3)11-17/h7-14,22H,6H2,1-5H3,(H,25,29)/t22-/m0/s1. The van der Waals surface area contributed by atoms with E-state index >= 15 is 0 Å². The summed E-state index contributed by atoms with van der Waals surface area (Å²) in [6.45, 7) is 5.91. The van der Waals surface area contributed by atoms with Gasteiger partial charge in [-0.3, -0.25) is 9.59 Å². The molecule has 7 nitrogen and oxygen atoms in total. The van der Waals surface area contributed by atoms with E-state index in [0.29, 0.717) is 29.3 Å². The molecule has 0 radical (unpaired) electrons. The van der Waals surface area contributed by atoms with Crippen LogP contribution in [0.4, 0.5) is 5.69 Å². The fraction of sp³-hybridized carbons (Fsp3) is 0.292. The fourth-order valence-corrected chi connectivity index (χ4v) is 3.28. The lowest BCUT2D eigenvalue weighted by molar-refractivity contribution is -0.119. The number of amides is 1. The van der Waals surface area contributed by atoms with E-state index in [2.05, 4.69) is 10.4 Å². The molecule has 0 unspecified atom stereocenters. The number of hydrogen-bond acceptors (Lipinski definition) is 5. The number of carbonyl (C=O) groups is 1. The lowest BCUT2D eigenvalue weighted by Crippen LogP contribution is -2.34. The Kier molecular flexibility index (Phi) is 6.74. The van der Waals surface area contributed by atoms with Crippen molar-refractivity contribution in [2.24, 2.45) is 0 Å². The Morgan fingerprint density at radius 2 is 1.68 bits per heavy atom. The van der Waals surface area contributed by atoms with Gasteiger partial charge >= 0.3 is 0 Å². The van der Waals surface area contributed by atoms with Gasteiger partial charge in [0.15, 0.2) is 0 Å². The van der Waals surface area contributed by atoms with Gasteiger partial charge in [-0.25, -0.2) is 4.68 Å². The smallest absolute Gasteiger partial charge is 0.267 e. The quantitative estimate of drug-likeness (QED) is 0.620. The molecule has 0 spiro atoms. The Morgan fingerprint density at radius 3 is 2.26 bits per heavy atom. The Morgan fingerprint density at radius 1 is 1.00 bits per heavy atom. The van der Waals surface area contributed by atoms with Gasteiger partial charge in [0, 0.05) is 35.5 Å². The average Bonchev–Trinajstić information content (AvgIpc) is 2.77. The van der Waals surface area contributed by atoms with Crippen LogP contribution >= 0.6 is 0 Å². The number of nitrogens with one attached hydrogen (secondary N) is 1. The average molecular weight is 421 g/mol. The maximum Gasteiger partial charge on any atom is 0.267 e. The Hall–Kier alpha value is -3.61. The molecule has 1 N–H and O–H groups in total. The van der Waals surface area contributed by atoms with E-state index < -0.39 is 6.04 Å². The lowest BCUT2D eigenvalue weighted by atomic mass is 10.0. The van der Waals surface area contributed by atoms with E-state index in [1.807, 2.05) is 39.0 Å². The summed E-state index contributed by atoms with van der Waals surface area (Å²) in [6, 6.07) is 13.5. The normalized spacial score (nSPS) is 11.6. The molecular formula is C24H27N3O4. The number of benzene rings is 2. The van der Waals surface area contributed by atoms with Crippen LogP contribution in [0, 0.1) is 13.8 Å². The molecule has 162 valence electrons. The molecule has 3 aromatic rings. The SMILES string of the molecule is CC[C@@H](C(=O)Nc1cc(OC)cc(OC)c1)n1nc(-c2ccc(C)c(C)c2)ccc1=O. The molecule has 0 aliphatic carbocycles. The minimum absolute atomic E-state index is 0.335. The van der Waals surface area contributed by atoms with Crippen molar-refractivity contribution >= 4 is 11.6 Å². The molecule has 2 aromatic carbocycles. The highest BCUT2D eigenvalue weighted by Crippen LogP contribution is 2.27. The number of methoxy groups -OCH3 is 2. The van der Waals surface area contributed by atoms with Crippen LogP contribution in [-0.4, -0.2) is 29.9 Å². The summed E-state index contributed by atoms with van der Waals surface area (Å²) in [4.78, 5) is 25.6. The summed E-state index contributed by atoms with van der Waals surface area (Å²) in [6.07, 6.45) is 0.399. The van der Waals surface area contributed by atoms with Crippen LogP contribution in [0.3, 0.4) is 0 Å². The molecule has 0 aliphatic heterocycles. The molecule has 31 heavy (non-hydrogen) atoms. The third kappa shape index (κ3) is 4.94. The number of rotatable bonds is 7. The highest BCUT2D eigenvalue weighted by molar-refractivity contribution is 5.94. The van der Waals surface area contributed by atoms with Gasteiger partial charge < -0.3 is 14.8 Å². The molecule has 0 saturated heterocycles. The van der Waals surface area contributed by atoms with Gasteiger partial charge in [0.2, 0.25) is 5.91 Å². The van der Waals surface area contributed by atoms with Gasteiger partial charge in [0.25, 0.3) is 5.56 Å². The second kappa shape index (κ2) is 9.47. The third-order valence-electron chi connectivity index (χ3n) is 5.23. The number of carbonyl (C=O) groups excluding carboxylic acids is 1. The van der Waals surface area contributed by atoms with E-state index in [1.54, 1.807) is 24.3 Å². The summed E-state index contributed by atoms with van der Waals surface area (Å²) in [5.74, 6) is 0.758. The molecule has 3 rings (SSSR count). The first-order valence-corrected chi connectivity index (χ1v) is 10.1. The Labute approximate surface area is 181 Å². The van der Waals surface area contributed by atoms with Crippen molar-refractivity contribution in [3.05, 3.63) is 70.0 Å². The molecule has 0 fully saturated rings. The lowest BCUT2D eigenvalue weighted by Gasteiger charge is -2.18. The van der Waals surface area contributed by atoms with Crippen LogP contribution in [0.25, 0.3) is 11.3 Å². The van der Waals surface area contributed by atoms with Crippen molar-refractivity contribution in [2.45, 2.75) is 33.2 Å². The van der Waals surface area contributed by atoms with Gasteiger partial charge in [0.05, 0.1) is 19.9 Å². The topological polar surface area (TPSA) is 82.4 Å². The van der Waals surface area contributed by atoms with Crippen LogP contribution < -0.4 is 20.3 Å². The van der Waals surface area contributed by atoms with Gasteiger partial charge in [-0.05, 0) is 43.5 Å². The summed E-state index contributed by atoms with van der Waals surface area (Å²) in [5.41, 5.74) is 4.02. The summed E-state index contributed by atoms with van der Waals surface area (Å²) in [5, 5.41) is 7.35. The predicted octanol–water partition coefficient (Wildman–Crippen LogP) is 4.13. The first kappa shape index (κ1) is 22.1. The third-order valence-corrected chi connectivity index (χ3v) is 5.23. The van der Waals surface area contributed by atoms with Crippen molar-refractivity contribution in [1.29, 1.82) is 0 Å². The molecule has 0 bridgehead atoms. The van der Waals surface area contributed by atoms with Crippen molar-refractivity contribution in [1.82, 2.24) is 9.78 Å². The van der Waals surface area contributed by atoms with Crippen LogP contribution in [0.2, 0.25) is 0 Å². The van der Waals surface area contributed by atoms with Crippen LogP contribution in [0.1, 0.15) is 30.5 Å². The van der Waals surface area contributed by atoms with Crippen molar-refractivity contribution < 1.29 is 14.3 Å². The molecular weight excluding hydrogens is 394 g/mol. The van der Waals surface area contributed by atoms with Gasteiger partial charge in [0.1, 0.15) is 17.5 Å². The van der Waals surface area contributed by atoms with E-state index in [1.165, 1.54) is 30.5 Å². The molecule has 7 heteroatoms. The Balaban J connectivity index is 1.94. The zero-order chi connectivity index (χ0) is 22.5.